The highest BCUT2D eigenvalue weighted by atomic mass is 32.2. The monoisotopic (exact) mass is 351 g/mol. The lowest BCUT2D eigenvalue weighted by Crippen LogP contribution is -2.32. The van der Waals surface area contributed by atoms with Gasteiger partial charge in [-0.05, 0) is 49.2 Å². The fraction of sp³-hybridized carbons (Fsp3) is 0.200. The van der Waals surface area contributed by atoms with E-state index >= 15 is 0 Å². The number of rotatable bonds is 5. The number of nitrogens with two attached hydrogens (primary N) is 1. The van der Waals surface area contributed by atoms with Gasteiger partial charge in [-0.25, -0.2) is 13.6 Å². The summed E-state index contributed by atoms with van der Waals surface area (Å²) in [6.45, 7) is 3.15. The van der Waals surface area contributed by atoms with Gasteiger partial charge >= 0.3 is 0 Å². The SMILES string of the molecule is Cc1cc(S(N)(=O)=O)cc(NC(=O)CNC(=O)c2ccco2)c1C. The second-order valence-corrected chi connectivity index (χ2v) is 6.73. The topological polar surface area (TPSA) is 132 Å². The van der Waals surface area contributed by atoms with Crippen molar-refractivity contribution < 1.29 is 22.4 Å². The molecule has 4 N–H and O–H groups in total. The maximum atomic E-state index is 12.0. The Morgan fingerprint density at radius 3 is 2.54 bits per heavy atom. The fourth-order valence-corrected chi connectivity index (χ4v) is 2.59. The molecule has 8 nitrogen and oxygen atoms in total. The van der Waals surface area contributed by atoms with Crippen molar-refractivity contribution in [3.8, 4) is 0 Å². The lowest BCUT2D eigenvalue weighted by atomic mass is 10.1. The maximum absolute atomic E-state index is 12.0. The minimum absolute atomic E-state index is 0.0889. The molecule has 1 heterocycles. The predicted molar refractivity (Wildman–Crippen MR) is 87.0 cm³/mol. The summed E-state index contributed by atoms with van der Waals surface area (Å²) in [5.74, 6) is -0.948. The molecule has 0 saturated heterocycles. The summed E-state index contributed by atoms with van der Waals surface area (Å²) in [7, 11) is -3.89. The summed E-state index contributed by atoms with van der Waals surface area (Å²) in [5.41, 5.74) is 1.68. The van der Waals surface area contributed by atoms with Gasteiger partial charge in [-0.2, -0.15) is 0 Å². The molecule has 2 amide bonds. The molecule has 0 fully saturated rings. The molecule has 0 radical (unpaired) electrons. The smallest absolute Gasteiger partial charge is 0.287 e. The molecule has 1 aromatic carbocycles. The molecule has 2 aromatic rings. The third kappa shape index (κ3) is 4.21. The molecule has 0 bridgehead atoms. The van der Waals surface area contributed by atoms with Crippen molar-refractivity contribution in [3.63, 3.8) is 0 Å². The van der Waals surface area contributed by atoms with Gasteiger partial charge in [0.25, 0.3) is 5.91 Å². The fourth-order valence-electron chi connectivity index (χ4n) is 1.97. The van der Waals surface area contributed by atoms with Crippen LogP contribution in [-0.4, -0.2) is 26.8 Å². The van der Waals surface area contributed by atoms with Gasteiger partial charge in [-0.1, -0.05) is 0 Å². The molecule has 24 heavy (non-hydrogen) atoms. The first-order chi connectivity index (χ1) is 11.2. The second kappa shape index (κ2) is 6.85. The van der Waals surface area contributed by atoms with Crippen LogP contribution in [-0.2, 0) is 14.8 Å². The summed E-state index contributed by atoms with van der Waals surface area (Å²) in [6.07, 6.45) is 1.35. The Kier molecular flexibility index (Phi) is 5.05. The summed E-state index contributed by atoms with van der Waals surface area (Å²) in [5, 5.41) is 10.1. The van der Waals surface area contributed by atoms with Crippen molar-refractivity contribution in [2.24, 2.45) is 5.14 Å². The number of anilines is 1. The Labute approximate surface area is 139 Å². The van der Waals surface area contributed by atoms with Gasteiger partial charge in [0.1, 0.15) is 0 Å². The van der Waals surface area contributed by atoms with E-state index in [0.717, 1.165) is 0 Å². The van der Waals surface area contributed by atoms with Gasteiger partial charge in [0.05, 0.1) is 17.7 Å². The van der Waals surface area contributed by atoms with Crippen LogP contribution in [0.2, 0.25) is 0 Å². The highest BCUT2D eigenvalue weighted by molar-refractivity contribution is 7.89. The minimum atomic E-state index is -3.89. The van der Waals surface area contributed by atoms with Gasteiger partial charge in [-0.3, -0.25) is 9.59 Å². The van der Waals surface area contributed by atoms with Crippen LogP contribution in [0, 0.1) is 13.8 Å². The van der Waals surface area contributed by atoms with Crippen LogP contribution in [0.5, 0.6) is 0 Å². The van der Waals surface area contributed by atoms with E-state index < -0.39 is 21.8 Å². The summed E-state index contributed by atoms with van der Waals surface area (Å²) >= 11 is 0. The molecule has 2 rings (SSSR count). The van der Waals surface area contributed by atoms with E-state index in [2.05, 4.69) is 10.6 Å². The lowest BCUT2D eigenvalue weighted by molar-refractivity contribution is -0.115. The number of hydrogen-bond acceptors (Lipinski definition) is 5. The quantitative estimate of drug-likeness (QED) is 0.737. The predicted octanol–water partition coefficient (Wildman–Crippen LogP) is 0.912. The van der Waals surface area contributed by atoms with Crippen LogP contribution in [0.25, 0.3) is 0 Å². The third-order valence-electron chi connectivity index (χ3n) is 3.40. The molecule has 0 saturated carbocycles. The average molecular weight is 351 g/mol. The number of furan rings is 1. The number of sulfonamides is 1. The van der Waals surface area contributed by atoms with Crippen LogP contribution >= 0.6 is 0 Å². The second-order valence-electron chi connectivity index (χ2n) is 5.17. The number of nitrogens with one attached hydrogen (secondary N) is 2. The van der Waals surface area contributed by atoms with Gasteiger partial charge in [0.15, 0.2) is 5.76 Å². The summed E-state index contributed by atoms with van der Waals surface area (Å²) in [6, 6.07) is 5.74. The zero-order valence-electron chi connectivity index (χ0n) is 13.1. The molecule has 0 unspecified atom stereocenters. The first-order valence-corrected chi connectivity index (χ1v) is 8.48. The summed E-state index contributed by atoms with van der Waals surface area (Å²) < 4.78 is 27.9. The number of benzene rings is 1. The third-order valence-corrected chi connectivity index (χ3v) is 4.29. The number of carbonyl (C=O) groups is 2. The van der Waals surface area contributed by atoms with Gasteiger partial charge < -0.3 is 15.1 Å². The number of primary sulfonamides is 1. The Hall–Kier alpha value is -2.65. The van der Waals surface area contributed by atoms with Crippen LogP contribution in [0.4, 0.5) is 5.69 Å². The van der Waals surface area contributed by atoms with E-state index in [-0.39, 0.29) is 17.2 Å². The highest BCUT2D eigenvalue weighted by Gasteiger charge is 2.15. The molecule has 0 spiro atoms. The van der Waals surface area contributed by atoms with Crippen LogP contribution in [0.15, 0.2) is 39.8 Å². The summed E-state index contributed by atoms with van der Waals surface area (Å²) in [4.78, 5) is 23.6. The Balaban J connectivity index is 2.09. The van der Waals surface area contributed by atoms with E-state index in [1.54, 1.807) is 19.9 Å². The van der Waals surface area contributed by atoms with E-state index in [0.29, 0.717) is 16.8 Å². The van der Waals surface area contributed by atoms with E-state index in [4.69, 9.17) is 9.56 Å². The highest BCUT2D eigenvalue weighted by Crippen LogP contribution is 2.23. The van der Waals surface area contributed by atoms with Crippen LogP contribution in [0.1, 0.15) is 21.7 Å². The lowest BCUT2D eigenvalue weighted by Gasteiger charge is -2.13. The molecule has 0 aliphatic heterocycles. The maximum Gasteiger partial charge on any atom is 0.287 e. The standard InChI is InChI=1S/C15H17N3O5S/c1-9-6-11(24(16,21)22)7-12(10(9)2)18-14(19)8-17-15(20)13-4-3-5-23-13/h3-7H,8H2,1-2H3,(H,17,20)(H,18,19)(H2,16,21,22). The van der Waals surface area contributed by atoms with E-state index in [1.807, 2.05) is 0 Å². The van der Waals surface area contributed by atoms with Gasteiger partial charge in [-0.15, -0.1) is 0 Å². The van der Waals surface area contributed by atoms with Crippen molar-refractivity contribution in [2.45, 2.75) is 18.7 Å². The number of hydrogen-bond donors (Lipinski definition) is 3. The minimum Gasteiger partial charge on any atom is -0.459 e. The number of carbonyl (C=O) groups excluding carboxylic acids is 2. The van der Waals surface area contributed by atoms with Crippen molar-refractivity contribution in [3.05, 3.63) is 47.4 Å². The van der Waals surface area contributed by atoms with Gasteiger partial charge in [0.2, 0.25) is 15.9 Å². The Morgan fingerprint density at radius 2 is 1.96 bits per heavy atom. The molecule has 128 valence electrons. The normalized spacial score (nSPS) is 11.1. The molecule has 1 aromatic heterocycles. The molecule has 0 atom stereocenters. The molecule has 9 heteroatoms. The molecule has 0 aliphatic carbocycles. The molecular weight excluding hydrogens is 334 g/mol. The van der Waals surface area contributed by atoms with Gasteiger partial charge in [0, 0.05) is 5.69 Å². The average Bonchev–Trinajstić information content (AvgIpc) is 3.02. The van der Waals surface area contributed by atoms with Crippen molar-refractivity contribution in [2.75, 3.05) is 11.9 Å². The Morgan fingerprint density at radius 1 is 1.25 bits per heavy atom. The van der Waals surface area contributed by atoms with E-state index in [9.17, 15) is 18.0 Å². The molecular formula is C15H17N3O5S. The van der Waals surface area contributed by atoms with Crippen molar-refractivity contribution >= 4 is 27.5 Å². The zero-order chi connectivity index (χ0) is 17.9. The largest absolute Gasteiger partial charge is 0.459 e. The number of amides is 2. The first-order valence-electron chi connectivity index (χ1n) is 6.94. The Bertz CT molecular complexity index is 873. The number of aryl methyl sites for hydroxylation is 1. The van der Waals surface area contributed by atoms with Crippen molar-refractivity contribution in [1.29, 1.82) is 0 Å². The van der Waals surface area contributed by atoms with Crippen molar-refractivity contribution in [1.82, 2.24) is 5.32 Å². The van der Waals surface area contributed by atoms with Crippen LogP contribution < -0.4 is 15.8 Å². The van der Waals surface area contributed by atoms with E-state index in [1.165, 1.54) is 24.5 Å². The zero-order valence-corrected chi connectivity index (χ0v) is 13.9. The molecule has 0 aliphatic rings. The first kappa shape index (κ1) is 17.7. The van der Waals surface area contributed by atoms with Crippen LogP contribution in [0.3, 0.4) is 0 Å².